The van der Waals surface area contributed by atoms with E-state index in [2.05, 4.69) is 12.2 Å². The number of hydrogen-bond donors (Lipinski definition) is 2. The average molecular weight is 155 g/mol. The fourth-order valence-electron chi connectivity index (χ4n) is 1.35. The van der Waals surface area contributed by atoms with E-state index in [1.807, 2.05) is 6.08 Å². The third-order valence-corrected chi connectivity index (χ3v) is 1.99. The molecule has 0 saturated heterocycles. The van der Waals surface area contributed by atoms with Gasteiger partial charge in [-0.2, -0.15) is 0 Å². The van der Waals surface area contributed by atoms with E-state index in [0.29, 0.717) is 0 Å². The van der Waals surface area contributed by atoms with Gasteiger partial charge in [0.2, 0.25) is 0 Å². The predicted molar refractivity (Wildman–Crippen MR) is 46.5 cm³/mol. The van der Waals surface area contributed by atoms with Crippen molar-refractivity contribution in [2.45, 2.75) is 32.3 Å². The van der Waals surface area contributed by atoms with Gasteiger partial charge in [0.15, 0.2) is 0 Å². The number of nitrogens with one attached hydrogen (secondary N) is 1. The van der Waals surface area contributed by atoms with Crippen LogP contribution in [0.25, 0.3) is 0 Å². The zero-order valence-corrected chi connectivity index (χ0v) is 7.14. The molecule has 0 bridgehead atoms. The van der Waals surface area contributed by atoms with Crippen LogP contribution in [-0.4, -0.2) is 24.3 Å². The highest BCUT2D eigenvalue weighted by Gasteiger charge is 2.08. The molecule has 1 atom stereocenters. The van der Waals surface area contributed by atoms with Crippen LogP contribution in [0.3, 0.4) is 0 Å². The van der Waals surface area contributed by atoms with E-state index in [4.69, 9.17) is 0 Å². The van der Waals surface area contributed by atoms with E-state index in [-0.39, 0.29) is 6.10 Å². The number of aliphatic hydroxyl groups excluding tert-OH is 1. The molecule has 0 fully saturated rings. The standard InChI is InChI=1S/C9H17NO/c1-2-3-4-8-5-9(11)7-10-6-8/h5,9-11H,2-4,6-7H2,1H3. The van der Waals surface area contributed by atoms with Crippen LogP contribution in [0, 0.1) is 0 Å². The van der Waals surface area contributed by atoms with Gasteiger partial charge in [0, 0.05) is 13.1 Å². The van der Waals surface area contributed by atoms with Crippen LogP contribution in [-0.2, 0) is 0 Å². The molecule has 0 aromatic carbocycles. The molecule has 0 saturated carbocycles. The summed E-state index contributed by atoms with van der Waals surface area (Å²) < 4.78 is 0. The Balaban J connectivity index is 2.31. The average Bonchev–Trinajstić information content (AvgIpc) is 2.01. The maximum absolute atomic E-state index is 9.24. The topological polar surface area (TPSA) is 32.3 Å². The molecule has 1 rings (SSSR count). The number of unbranched alkanes of at least 4 members (excludes halogenated alkanes) is 1. The highest BCUT2D eigenvalue weighted by Crippen LogP contribution is 2.09. The fraction of sp³-hybridized carbons (Fsp3) is 0.778. The van der Waals surface area contributed by atoms with Crippen molar-refractivity contribution in [2.24, 2.45) is 0 Å². The second kappa shape index (κ2) is 4.52. The molecule has 1 aliphatic rings. The monoisotopic (exact) mass is 155 g/mol. The predicted octanol–water partition coefficient (Wildman–Crippen LogP) is 1.07. The van der Waals surface area contributed by atoms with Crippen molar-refractivity contribution in [2.75, 3.05) is 13.1 Å². The van der Waals surface area contributed by atoms with Crippen molar-refractivity contribution in [1.29, 1.82) is 0 Å². The van der Waals surface area contributed by atoms with E-state index in [1.165, 1.54) is 18.4 Å². The minimum atomic E-state index is -0.254. The Morgan fingerprint density at radius 2 is 2.55 bits per heavy atom. The van der Waals surface area contributed by atoms with Gasteiger partial charge in [-0.3, -0.25) is 0 Å². The Labute approximate surface area is 68.3 Å². The summed E-state index contributed by atoms with van der Waals surface area (Å²) >= 11 is 0. The maximum Gasteiger partial charge on any atom is 0.0848 e. The Kier molecular flexibility index (Phi) is 3.60. The highest BCUT2D eigenvalue weighted by atomic mass is 16.3. The summed E-state index contributed by atoms with van der Waals surface area (Å²) in [5.41, 5.74) is 1.37. The third kappa shape index (κ3) is 3.04. The first-order chi connectivity index (χ1) is 5.33. The maximum atomic E-state index is 9.24. The van der Waals surface area contributed by atoms with E-state index >= 15 is 0 Å². The van der Waals surface area contributed by atoms with Crippen molar-refractivity contribution in [3.63, 3.8) is 0 Å². The van der Waals surface area contributed by atoms with Gasteiger partial charge >= 0.3 is 0 Å². The lowest BCUT2D eigenvalue weighted by atomic mass is 10.0. The molecule has 2 N–H and O–H groups in total. The molecule has 2 heteroatoms. The van der Waals surface area contributed by atoms with Gasteiger partial charge < -0.3 is 10.4 Å². The van der Waals surface area contributed by atoms with Crippen molar-refractivity contribution in [3.8, 4) is 0 Å². The summed E-state index contributed by atoms with van der Waals surface area (Å²) in [6.07, 6.45) is 5.34. The van der Waals surface area contributed by atoms with Gasteiger partial charge in [-0.05, 0) is 12.8 Å². The summed E-state index contributed by atoms with van der Waals surface area (Å²) in [6.45, 7) is 3.87. The molecule has 0 radical (unpaired) electrons. The molecule has 64 valence electrons. The first-order valence-electron chi connectivity index (χ1n) is 4.41. The van der Waals surface area contributed by atoms with Crippen LogP contribution in [0.5, 0.6) is 0 Å². The Morgan fingerprint density at radius 3 is 3.18 bits per heavy atom. The zero-order valence-electron chi connectivity index (χ0n) is 7.14. The van der Waals surface area contributed by atoms with Crippen LogP contribution in [0.2, 0.25) is 0 Å². The first kappa shape index (κ1) is 8.75. The van der Waals surface area contributed by atoms with Crippen LogP contribution in [0.4, 0.5) is 0 Å². The van der Waals surface area contributed by atoms with Gasteiger partial charge in [-0.1, -0.05) is 25.0 Å². The molecule has 0 aliphatic carbocycles. The molecule has 2 nitrogen and oxygen atoms in total. The van der Waals surface area contributed by atoms with Gasteiger partial charge in [-0.15, -0.1) is 0 Å². The number of aliphatic hydroxyl groups is 1. The molecule has 0 aromatic heterocycles. The number of β-amino-alcohol motifs (C(OH)–C–C–N with tert-alkyl or cyclic N) is 1. The van der Waals surface area contributed by atoms with E-state index in [1.54, 1.807) is 0 Å². The molecule has 0 spiro atoms. The molecule has 0 aromatic rings. The van der Waals surface area contributed by atoms with Crippen molar-refractivity contribution >= 4 is 0 Å². The highest BCUT2D eigenvalue weighted by molar-refractivity contribution is 5.10. The third-order valence-electron chi connectivity index (χ3n) is 1.99. The van der Waals surface area contributed by atoms with Crippen LogP contribution < -0.4 is 5.32 Å². The lowest BCUT2D eigenvalue weighted by Gasteiger charge is -2.18. The van der Waals surface area contributed by atoms with Crippen molar-refractivity contribution < 1.29 is 5.11 Å². The second-order valence-electron chi connectivity index (χ2n) is 3.13. The normalized spacial score (nSPS) is 24.9. The molecular weight excluding hydrogens is 138 g/mol. The Hall–Kier alpha value is -0.340. The summed E-state index contributed by atoms with van der Waals surface area (Å²) in [7, 11) is 0. The summed E-state index contributed by atoms with van der Waals surface area (Å²) in [6, 6.07) is 0. The smallest absolute Gasteiger partial charge is 0.0848 e. The lowest BCUT2D eigenvalue weighted by molar-refractivity contribution is 0.212. The van der Waals surface area contributed by atoms with Gasteiger partial charge in [-0.25, -0.2) is 0 Å². The molecular formula is C9H17NO. The molecule has 11 heavy (non-hydrogen) atoms. The van der Waals surface area contributed by atoms with E-state index < -0.39 is 0 Å². The fourth-order valence-corrected chi connectivity index (χ4v) is 1.35. The van der Waals surface area contributed by atoms with Gasteiger partial charge in [0.25, 0.3) is 0 Å². The van der Waals surface area contributed by atoms with Gasteiger partial charge in [0.1, 0.15) is 0 Å². The minimum Gasteiger partial charge on any atom is -0.388 e. The van der Waals surface area contributed by atoms with Crippen LogP contribution in [0.1, 0.15) is 26.2 Å². The Bertz CT molecular complexity index is 142. The quantitative estimate of drug-likeness (QED) is 0.597. The summed E-state index contributed by atoms with van der Waals surface area (Å²) in [5.74, 6) is 0. The van der Waals surface area contributed by atoms with E-state index in [9.17, 15) is 5.11 Å². The summed E-state index contributed by atoms with van der Waals surface area (Å²) in [4.78, 5) is 0. The van der Waals surface area contributed by atoms with E-state index in [0.717, 1.165) is 19.5 Å². The second-order valence-corrected chi connectivity index (χ2v) is 3.13. The van der Waals surface area contributed by atoms with Crippen molar-refractivity contribution in [1.82, 2.24) is 5.32 Å². The van der Waals surface area contributed by atoms with Gasteiger partial charge in [0.05, 0.1) is 6.10 Å². The molecule has 0 amide bonds. The first-order valence-corrected chi connectivity index (χ1v) is 4.41. The zero-order chi connectivity index (χ0) is 8.10. The SMILES string of the molecule is CCCCC1=CC(O)CNC1. The van der Waals surface area contributed by atoms with Crippen LogP contribution in [0.15, 0.2) is 11.6 Å². The summed E-state index contributed by atoms with van der Waals surface area (Å²) in [5, 5.41) is 12.4. The Morgan fingerprint density at radius 1 is 1.73 bits per heavy atom. The minimum absolute atomic E-state index is 0.254. The number of rotatable bonds is 3. The molecule has 1 aliphatic heterocycles. The lowest BCUT2D eigenvalue weighted by Crippen LogP contribution is -2.32. The number of hydrogen-bond acceptors (Lipinski definition) is 2. The molecule has 1 unspecified atom stereocenters. The van der Waals surface area contributed by atoms with Crippen LogP contribution >= 0.6 is 0 Å². The molecule has 1 heterocycles. The van der Waals surface area contributed by atoms with Crippen molar-refractivity contribution in [3.05, 3.63) is 11.6 Å². The largest absolute Gasteiger partial charge is 0.388 e.